The molecule has 0 fully saturated rings. The van der Waals surface area contributed by atoms with Crippen LogP contribution in [0.25, 0.3) is 0 Å². The van der Waals surface area contributed by atoms with Crippen LogP contribution >= 0.6 is 0 Å². The number of ether oxygens (including phenoxy) is 1. The molecular formula is C11H12N2O5. The molecule has 0 aliphatic carbocycles. The number of aromatic nitrogens is 1. The van der Waals surface area contributed by atoms with Gasteiger partial charge in [0.25, 0.3) is 0 Å². The summed E-state index contributed by atoms with van der Waals surface area (Å²) in [5.41, 5.74) is -0.779. The minimum atomic E-state index is -1.53. The number of pyridine rings is 1. The van der Waals surface area contributed by atoms with Crippen LogP contribution in [0.15, 0.2) is 30.0 Å². The summed E-state index contributed by atoms with van der Waals surface area (Å²) in [5, 5.41) is 19.7. The highest BCUT2D eigenvalue weighted by atomic mass is 16.5. The van der Waals surface area contributed by atoms with Gasteiger partial charge >= 0.3 is 11.9 Å². The van der Waals surface area contributed by atoms with Crippen molar-refractivity contribution >= 4 is 17.8 Å². The predicted molar refractivity (Wildman–Crippen MR) is 62.4 cm³/mol. The summed E-state index contributed by atoms with van der Waals surface area (Å²) in [6.45, 7) is 2.25. The molecule has 0 saturated carbocycles. The predicted octanol–water partition coefficient (Wildman–Crippen LogP) is 0.945. The number of carboxylic acids is 2. The van der Waals surface area contributed by atoms with Gasteiger partial charge < -0.3 is 20.3 Å². The highest BCUT2D eigenvalue weighted by Crippen LogP contribution is 2.11. The van der Waals surface area contributed by atoms with E-state index in [1.807, 2.05) is 0 Å². The van der Waals surface area contributed by atoms with Gasteiger partial charge in [-0.25, -0.2) is 9.59 Å². The second-order valence-corrected chi connectivity index (χ2v) is 3.11. The van der Waals surface area contributed by atoms with Crippen molar-refractivity contribution < 1.29 is 24.5 Å². The number of nitrogens with one attached hydrogen (secondary N) is 1. The first kappa shape index (κ1) is 13.5. The zero-order valence-electron chi connectivity index (χ0n) is 9.58. The SMILES string of the molecule is CCOc1cccc(NC=C(C(=O)O)C(=O)O)n1. The summed E-state index contributed by atoms with van der Waals surface area (Å²) < 4.78 is 5.14. The number of anilines is 1. The monoisotopic (exact) mass is 252 g/mol. The molecule has 0 aliphatic heterocycles. The highest BCUT2D eigenvalue weighted by Gasteiger charge is 2.15. The lowest BCUT2D eigenvalue weighted by molar-refractivity contribution is -0.140. The van der Waals surface area contributed by atoms with Crippen molar-refractivity contribution in [1.82, 2.24) is 4.98 Å². The summed E-state index contributed by atoms with van der Waals surface area (Å²) in [4.78, 5) is 25.2. The lowest BCUT2D eigenvalue weighted by Crippen LogP contribution is -2.13. The van der Waals surface area contributed by atoms with Gasteiger partial charge in [0.2, 0.25) is 5.88 Å². The molecule has 0 atom stereocenters. The summed E-state index contributed by atoms with van der Waals surface area (Å²) in [5.74, 6) is -2.41. The Labute approximate surface area is 103 Å². The van der Waals surface area contributed by atoms with Crippen LogP contribution in [-0.2, 0) is 9.59 Å². The van der Waals surface area contributed by atoms with Crippen LogP contribution in [-0.4, -0.2) is 33.7 Å². The molecule has 7 heteroatoms. The Kier molecular flexibility index (Phi) is 4.67. The van der Waals surface area contributed by atoms with Crippen molar-refractivity contribution in [2.75, 3.05) is 11.9 Å². The fourth-order valence-electron chi connectivity index (χ4n) is 1.08. The third kappa shape index (κ3) is 3.78. The average molecular weight is 252 g/mol. The molecule has 0 bridgehead atoms. The Balaban J connectivity index is 2.84. The summed E-state index contributed by atoms with van der Waals surface area (Å²) in [6, 6.07) is 4.84. The number of carboxylic acid groups (broad SMARTS) is 2. The van der Waals surface area contributed by atoms with Gasteiger partial charge in [-0.3, -0.25) is 0 Å². The van der Waals surface area contributed by atoms with E-state index in [9.17, 15) is 9.59 Å². The Hall–Kier alpha value is -2.57. The molecule has 0 aromatic carbocycles. The number of hydrogen-bond donors (Lipinski definition) is 3. The number of rotatable bonds is 6. The molecule has 0 radical (unpaired) electrons. The zero-order chi connectivity index (χ0) is 13.5. The molecule has 0 aliphatic rings. The molecule has 18 heavy (non-hydrogen) atoms. The van der Waals surface area contributed by atoms with Gasteiger partial charge in [0.05, 0.1) is 6.61 Å². The van der Waals surface area contributed by atoms with Crippen LogP contribution in [0.2, 0.25) is 0 Å². The van der Waals surface area contributed by atoms with Crippen LogP contribution in [0, 0.1) is 0 Å². The fraction of sp³-hybridized carbons (Fsp3) is 0.182. The van der Waals surface area contributed by atoms with E-state index in [1.165, 1.54) is 0 Å². The largest absolute Gasteiger partial charge is 0.478 e. The minimum absolute atomic E-state index is 0.293. The van der Waals surface area contributed by atoms with Gasteiger partial charge in [-0.2, -0.15) is 4.98 Å². The van der Waals surface area contributed by atoms with Gasteiger partial charge in [-0.15, -0.1) is 0 Å². The molecule has 96 valence electrons. The maximum Gasteiger partial charge on any atom is 0.344 e. The zero-order valence-corrected chi connectivity index (χ0v) is 9.58. The molecule has 0 spiro atoms. The lowest BCUT2D eigenvalue weighted by Gasteiger charge is -2.04. The topological polar surface area (TPSA) is 109 Å². The molecule has 3 N–H and O–H groups in total. The summed E-state index contributed by atoms with van der Waals surface area (Å²) in [6.07, 6.45) is 0.864. The molecule has 0 unspecified atom stereocenters. The van der Waals surface area contributed by atoms with E-state index in [4.69, 9.17) is 14.9 Å². The molecule has 1 aromatic heterocycles. The smallest absolute Gasteiger partial charge is 0.344 e. The van der Waals surface area contributed by atoms with Crippen LogP contribution in [0.4, 0.5) is 5.82 Å². The van der Waals surface area contributed by atoms with E-state index in [0.717, 1.165) is 6.20 Å². The van der Waals surface area contributed by atoms with Gasteiger partial charge in [0, 0.05) is 12.3 Å². The van der Waals surface area contributed by atoms with Crippen molar-refractivity contribution in [3.63, 3.8) is 0 Å². The first-order valence-electron chi connectivity index (χ1n) is 5.07. The lowest BCUT2D eigenvalue weighted by atomic mass is 10.3. The molecule has 1 heterocycles. The standard InChI is InChI=1S/C11H12N2O5/c1-2-18-9-5-3-4-8(13-9)12-6-7(10(14)15)11(16)17/h3-6H,2H2,1H3,(H,12,13)(H,14,15)(H,16,17). The van der Waals surface area contributed by atoms with Crippen LogP contribution in [0.3, 0.4) is 0 Å². The van der Waals surface area contributed by atoms with Gasteiger partial charge in [-0.05, 0) is 13.0 Å². The number of nitrogens with zero attached hydrogens (tertiary/aromatic N) is 1. The van der Waals surface area contributed by atoms with Crippen LogP contribution < -0.4 is 10.1 Å². The fourth-order valence-corrected chi connectivity index (χ4v) is 1.08. The second-order valence-electron chi connectivity index (χ2n) is 3.11. The third-order valence-electron chi connectivity index (χ3n) is 1.84. The number of aliphatic carboxylic acids is 2. The van der Waals surface area contributed by atoms with Gasteiger partial charge in [-0.1, -0.05) is 6.07 Å². The average Bonchev–Trinajstić information content (AvgIpc) is 2.29. The van der Waals surface area contributed by atoms with Crippen molar-refractivity contribution in [2.24, 2.45) is 0 Å². The summed E-state index contributed by atoms with van der Waals surface area (Å²) in [7, 11) is 0. The van der Waals surface area contributed by atoms with E-state index in [-0.39, 0.29) is 0 Å². The van der Waals surface area contributed by atoms with E-state index < -0.39 is 17.5 Å². The quantitative estimate of drug-likeness (QED) is 0.392. The van der Waals surface area contributed by atoms with Crippen molar-refractivity contribution in [2.45, 2.75) is 6.92 Å². The van der Waals surface area contributed by atoms with E-state index in [1.54, 1.807) is 25.1 Å². The summed E-state index contributed by atoms with van der Waals surface area (Å²) >= 11 is 0. The van der Waals surface area contributed by atoms with Crippen LogP contribution in [0.5, 0.6) is 5.88 Å². The Bertz CT molecular complexity index is 468. The second kappa shape index (κ2) is 6.24. The van der Waals surface area contributed by atoms with Crippen molar-refractivity contribution in [1.29, 1.82) is 0 Å². The Morgan fingerprint density at radius 2 is 2.06 bits per heavy atom. The van der Waals surface area contributed by atoms with Crippen molar-refractivity contribution in [3.05, 3.63) is 30.0 Å². The van der Waals surface area contributed by atoms with Gasteiger partial charge in [0.15, 0.2) is 5.57 Å². The molecule has 1 aromatic rings. The normalized spacial score (nSPS) is 9.39. The van der Waals surface area contributed by atoms with E-state index >= 15 is 0 Å². The maximum absolute atomic E-state index is 10.6. The molecule has 1 rings (SSSR count). The molecule has 7 nitrogen and oxygen atoms in total. The van der Waals surface area contributed by atoms with E-state index in [2.05, 4.69) is 10.3 Å². The highest BCUT2D eigenvalue weighted by molar-refractivity contribution is 6.12. The van der Waals surface area contributed by atoms with E-state index in [0.29, 0.717) is 18.3 Å². The van der Waals surface area contributed by atoms with Crippen LogP contribution in [0.1, 0.15) is 6.92 Å². The molecular weight excluding hydrogens is 240 g/mol. The molecule has 0 saturated heterocycles. The third-order valence-corrected chi connectivity index (χ3v) is 1.84. The Morgan fingerprint density at radius 3 is 2.61 bits per heavy atom. The van der Waals surface area contributed by atoms with Crippen molar-refractivity contribution in [3.8, 4) is 5.88 Å². The minimum Gasteiger partial charge on any atom is -0.478 e. The number of hydrogen-bond acceptors (Lipinski definition) is 5. The first-order chi connectivity index (χ1) is 8.54. The first-order valence-corrected chi connectivity index (χ1v) is 5.07. The maximum atomic E-state index is 10.6. The number of carbonyl (C=O) groups is 2. The molecule has 0 amide bonds. The van der Waals surface area contributed by atoms with Gasteiger partial charge in [0.1, 0.15) is 5.82 Å². The Morgan fingerprint density at radius 1 is 1.39 bits per heavy atom.